The molecule has 0 radical (unpaired) electrons. The van der Waals surface area contributed by atoms with E-state index >= 15 is 0 Å². The summed E-state index contributed by atoms with van der Waals surface area (Å²) in [5, 5.41) is 11.8. The number of benzene rings is 4. The number of amides is 5. The number of fused-ring (bicyclic) bond motifs is 2. The summed E-state index contributed by atoms with van der Waals surface area (Å²) in [6.07, 6.45) is 3.32. The molecule has 5 amide bonds. The lowest BCUT2D eigenvalue weighted by Crippen LogP contribution is -2.53. The number of aromatic nitrogens is 2. The number of amidine groups is 2. The third-order valence-electron chi connectivity index (χ3n) is 16.8. The molecule has 0 bridgehead atoms. The van der Waals surface area contributed by atoms with E-state index in [1.807, 2.05) is 20.6 Å². The summed E-state index contributed by atoms with van der Waals surface area (Å²) in [7, 11) is 5.42. The summed E-state index contributed by atoms with van der Waals surface area (Å²) in [5.41, 5.74) is 4.56. The van der Waals surface area contributed by atoms with Gasteiger partial charge < -0.3 is 44.6 Å². The van der Waals surface area contributed by atoms with Gasteiger partial charge in [-0.1, -0.05) is 59.0 Å². The van der Waals surface area contributed by atoms with Crippen LogP contribution in [-0.4, -0.2) is 232 Å². The van der Waals surface area contributed by atoms with Crippen LogP contribution in [0.3, 0.4) is 0 Å². The molecule has 97 heavy (non-hydrogen) atoms. The first kappa shape index (κ1) is 69.3. The number of halogens is 4. The summed E-state index contributed by atoms with van der Waals surface area (Å²) >= 11 is 15.7. The van der Waals surface area contributed by atoms with Crippen LogP contribution in [0.1, 0.15) is 54.7 Å². The lowest BCUT2D eigenvalue weighted by atomic mass is 9.95. The molecule has 4 fully saturated rings. The zero-order valence-electron chi connectivity index (χ0n) is 53.5. The average Bonchev–Trinajstić information content (AvgIpc) is 1.59. The molecule has 504 valence electrons. The van der Waals surface area contributed by atoms with Crippen molar-refractivity contribution < 1.29 is 50.6 Å². The summed E-state index contributed by atoms with van der Waals surface area (Å²) in [5.74, 6) is 10.9. The Morgan fingerprint density at radius 2 is 1.06 bits per heavy atom. The predicted molar refractivity (Wildman–Crippen MR) is 363 cm³/mol. The van der Waals surface area contributed by atoms with Gasteiger partial charge in [0.25, 0.3) is 5.91 Å². The summed E-state index contributed by atoms with van der Waals surface area (Å²) < 4.78 is 64.2. The van der Waals surface area contributed by atoms with Gasteiger partial charge in [-0.25, -0.2) is 50.6 Å². The van der Waals surface area contributed by atoms with Crippen LogP contribution in [0.2, 0.25) is 10.0 Å². The zero-order valence-corrected chi connectivity index (χ0v) is 57.4. The van der Waals surface area contributed by atoms with Crippen molar-refractivity contribution in [1.29, 1.82) is 0 Å². The van der Waals surface area contributed by atoms with Crippen LogP contribution in [-0.2, 0) is 29.1 Å². The summed E-state index contributed by atoms with van der Waals surface area (Å²) in [4.78, 5) is 96.8. The van der Waals surface area contributed by atoms with Gasteiger partial charge in [0, 0.05) is 166 Å². The number of aliphatic imine (C=N–C) groups is 2. The second-order valence-electron chi connectivity index (χ2n) is 23.5. The van der Waals surface area contributed by atoms with Crippen LogP contribution in [0.25, 0.3) is 0 Å². The van der Waals surface area contributed by atoms with Gasteiger partial charge in [0.05, 0.1) is 55.4 Å². The van der Waals surface area contributed by atoms with Gasteiger partial charge in [-0.15, -0.1) is 22.7 Å². The maximum absolute atomic E-state index is 14.0. The Labute approximate surface area is 577 Å². The number of rotatable bonds is 15. The molecule has 4 aromatic carbocycles. The number of nitrogens with zero attached hydrogens (tertiary/aromatic N) is 12. The van der Waals surface area contributed by atoms with Gasteiger partial charge in [0.15, 0.2) is 21.7 Å². The summed E-state index contributed by atoms with van der Waals surface area (Å²) in [6, 6.07) is 19.3. The van der Waals surface area contributed by atoms with Crippen molar-refractivity contribution in [3.8, 4) is 23.7 Å². The van der Waals surface area contributed by atoms with Crippen LogP contribution < -0.4 is 10.6 Å². The highest BCUT2D eigenvalue weighted by molar-refractivity contribution is 7.89. The molecular weight excluding hydrogens is 1350 g/mol. The molecule has 2 aromatic heterocycles. The molecule has 12 rings (SSSR count). The van der Waals surface area contributed by atoms with E-state index in [-0.39, 0.29) is 69.2 Å². The lowest BCUT2D eigenvalue weighted by Gasteiger charge is -2.38. The molecule has 0 aliphatic carbocycles. The number of nitrogens with one attached hydrogen (secondary N) is 2. The van der Waals surface area contributed by atoms with E-state index in [0.717, 1.165) is 9.87 Å². The van der Waals surface area contributed by atoms with Crippen molar-refractivity contribution in [2.45, 2.75) is 29.1 Å². The Hall–Kier alpha value is -9.10. The Morgan fingerprint density at radius 1 is 0.629 bits per heavy atom. The van der Waals surface area contributed by atoms with E-state index in [1.165, 1.54) is 104 Å². The fourth-order valence-electron chi connectivity index (χ4n) is 12.0. The number of esters is 2. The largest absolute Gasteiger partial charge is 0.466 e. The van der Waals surface area contributed by atoms with E-state index in [2.05, 4.69) is 54.1 Å². The van der Waals surface area contributed by atoms with E-state index in [4.69, 9.17) is 42.7 Å². The minimum absolute atomic E-state index is 0.0599. The van der Waals surface area contributed by atoms with Gasteiger partial charge in [-0.05, 0) is 72.8 Å². The minimum Gasteiger partial charge on any atom is -0.466 e. The standard InChI is InChI=1S/C34H33ClFN7O4S.C33H33ClFN7O5S2/c1-40(2)32(44)22-8-6-21(7-9-22)5-4-13-42-19-24-18-41(14-15-43(24)34(42)46)20-27-28(33(45)47-3)29(25-11-10-23(36)17-26(25)35)39-30(38-27)31-37-12-16-48-31;1-39(2)49(45,46)24-9-6-21(7-10-24)5-4-13-41-19-23-18-40(14-15-42(23)33(41)44)20-27-28(32(43)47-3)29(25-11-8-22(35)17-26(25)34)38-30(37-27)31-36-12-16-48-31/h6-12,16-17,24,29H,13-15,18-20H2,1-3H3,(H,38,39);6-12,16-17,23,29H,13-15,18-20H2,1-3H3,(H,37,38)/t24-,29-;23-,29-/m00/s1. The van der Waals surface area contributed by atoms with E-state index in [9.17, 15) is 41.2 Å². The highest BCUT2D eigenvalue weighted by Gasteiger charge is 2.44. The number of hydrogen-bond donors (Lipinski definition) is 2. The highest BCUT2D eigenvalue weighted by Crippen LogP contribution is 2.39. The fourth-order valence-corrected chi connectivity index (χ4v) is 14.6. The van der Waals surface area contributed by atoms with Crippen molar-refractivity contribution in [3.63, 3.8) is 0 Å². The first-order valence-electron chi connectivity index (χ1n) is 30.5. The van der Waals surface area contributed by atoms with E-state index < -0.39 is 45.7 Å². The monoisotopic (exact) mass is 1410 g/mol. The molecule has 0 spiro atoms. The molecular formula is C67H66Cl2F2N14O9S3. The molecule has 4 saturated heterocycles. The molecule has 8 heterocycles. The lowest BCUT2D eigenvalue weighted by molar-refractivity contribution is -0.137. The topological polar surface area (TPSA) is 238 Å². The summed E-state index contributed by atoms with van der Waals surface area (Å²) in [6.45, 7) is 5.37. The number of methoxy groups -OCH3 is 2. The van der Waals surface area contributed by atoms with Crippen LogP contribution in [0.4, 0.5) is 18.4 Å². The maximum atomic E-state index is 14.0. The van der Waals surface area contributed by atoms with Gasteiger partial charge >= 0.3 is 24.0 Å². The van der Waals surface area contributed by atoms with Crippen molar-refractivity contribution in [3.05, 3.63) is 190 Å². The zero-order chi connectivity index (χ0) is 68.8. The van der Waals surface area contributed by atoms with Gasteiger partial charge in [0.2, 0.25) is 10.0 Å². The molecule has 6 aliphatic heterocycles. The van der Waals surface area contributed by atoms with Crippen LogP contribution >= 0.6 is 45.9 Å². The second-order valence-corrected chi connectivity index (χ2v) is 28.2. The molecule has 6 aliphatic rings. The Balaban J connectivity index is 0.000000197. The minimum atomic E-state index is -3.53. The number of hydrogen-bond acceptors (Lipinski definition) is 19. The second kappa shape index (κ2) is 30.1. The Kier molecular flexibility index (Phi) is 21.5. The molecule has 23 nitrogen and oxygen atoms in total. The quantitative estimate of drug-likeness (QED) is 0.0794. The number of sulfonamides is 1. The van der Waals surface area contributed by atoms with Crippen molar-refractivity contribution in [2.75, 3.05) is 121 Å². The number of piperazine rings is 2. The molecule has 0 unspecified atom stereocenters. The third kappa shape index (κ3) is 15.5. The number of urea groups is 2. The third-order valence-corrected chi connectivity index (χ3v) is 20.9. The number of carbonyl (C=O) groups is 5. The van der Waals surface area contributed by atoms with E-state index in [1.54, 1.807) is 72.7 Å². The molecule has 0 saturated carbocycles. The van der Waals surface area contributed by atoms with Crippen LogP contribution in [0, 0.1) is 35.3 Å². The Morgan fingerprint density at radius 3 is 1.44 bits per heavy atom. The Bertz CT molecular complexity index is 4400. The molecule has 4 atom stereocenters. The number of carbonyl (C=O) groups excluding carboxylic acids is 5. The maximum Gasteiger partial charge on any atom is 0.338 e. The van der Waals surface area contributed by atoms with Crippen molar-refractivity contribution in [1.82, 2.24) is 59.2 Å². The highest BCUT2D eigenvalue weighted by atomic mass is 35.5. The van der Waals surface area contributed by atoms with Gasteiger partial charge in [-0.3, -0.25) is 24.6 Å². The molecule has 30 heteroatoms. The van der Waals surface area contributed by atoms with Crippen LogP contribution in [0.5, 0.6) is 0 Å². The first-order chi connectivity index (χ1) is 46.6. The smallest absolute Gasteiger partial charge is 0.338 e. The van der Waals surface area contributed by atoms with Crippen molar-refractivity contribution in [2.24, 2.45) is 9.98 Å². The number of thiazole rings is 2. The van der Waals surface area contributed by atoms with E-state index in [0.29, 0.717) is 121 Å². The van der Waals surface area contributed by atoms with Crippen LogP contribution in [0.15, 0.2) is 146 Å². The SMILES string of the molecule is COC(=O)C1=C(CN2CCN3C(=O)N(CC#Cc4ccc(C(=O)N(C)C)cc4)C[C@@H]3C2)NC(c2nccs2)=N[C@H]1c1ccc(F)cc1Cl.COC(=O)C1=C(CN2CCN3C(=O)N(CC#Cc4ccc(S(=O)(=O)N(C)C)cc4)C[C@@H]3C2)NC(c2nccs2)=N[C@H]1c1ccc(F)cc1Cl. The predicted octanol–water partition coefficient (Wildman–Crippen LogP) is 6.81. The van der Waals surface area contributed by atoms with Gasteiger partial charge in [-0.2, -0.15) is 0 Å². The number of ether oxygens (including phenoxy) is 2. The normalized spacial score (nSPS) is 19.5. The fraction of sp³-hybridized carbons (Fsp3) is 0.328. The molecule has 2 N–H and O–H groups in total. The van der Waals surface area contributed by atoms with Crippen molar-refractivity contribution >= 4 is 97.5 Å². The van der Waals surface area contributed by atoms with Gasteiger partial charge in [0.1, 0.15) is 23.7 Å². The first-order valence-corrected chi connectivity index (χ1v) is 34.4. The molecule has 6 aromatic rings. The average molecular weight is 1420 g/mol.